The Labute approximate surface area is 159 Å². The number of carbonyl (C=O) groups excluding carboxylic acids is 1. The molecule has 0 saturated heterocycles. The molecule has 0 saturated carbocycles. The van der Waals surface area contributed by atoms with Gasteiger partial charge in [0.15, 0.2) is 0 Å². The zero-order valence-electron chi connectivity index (χ0n) is 15.8. The third-order valence-electron chi connectivity index (χ3n) is 4.38. The van der Waals surface area contributed by atoms with Gasteiger partial charge in [0.25, 0.3) is 0 Å². The molecule has 0 fully saturated rings. The van der Waals surface area contributed by atoms with E-state index in [1.54, 1.807) is 7.11 Å². The molecule has 0 aliphatic carbocycles. The maximum absolute atomic E-state index is 12.0. The van der Waals surface area contributed by atoms with Crippen LogP contribution in [0.4, 0.5) is 0 Å². The molecule has 0 radical (unpaired) electrons. The minimum atomic E-state index is 0.0374. The lowest BCUT2D eigenvalue weighted by atomic mass is 10.3. The van der Waals surface area contributed by atoms with Crippen LogP contribution in [0.1, 0.15) is 18.7 Å². The molecule has 0 unspecified atom stereocenters. The van der Waals surface area contributed by atoms with Gasteiger partial charge < -0.3 is 19.4 Å². The monoisotopic (exact) mass is 367 g/mol. The summed E-state index contributed by atoms with van der Waals surface area (Å²) in [5.74, 6) is 2.56. The number of methoxy groups -OCH3 is 1. The van der Waals surface area contributed by atoms with Crippen molar-refractivity contribution in [2.75, 3.05) is 20.3 Å². The summed E-state index contributed by atoms with van der Waals surface area (Å²) in [6.45, 7) is 3.78. The SMILES string of the molecule is COc1ccc(OCCCC(=O)NCCn2c(C)nc3ccccc32)cc1. The molecular weight excluding hydrogens is 342 g/mol. The van der Waals surface area contributed by atoms with Crippen LogP contribution in [-0.2, 0) is 11.3 Å². The summed E-state index contributed by atoms with van der Waals surface area (Å²) < 4.78 is 12.9. The highest BCUT2D eigenvalue weighted by atomic mass is 16.5. The van der Waals surface area contributed by atoms with E-state index in [1.165, 1.54) is 0 Å². The van der Waals surface area contributed by atoms with Crippen molar-refractivity contribution in [1.29, 1.82) is 0 Å². The van der Waals surface area contributed by atoms with E-state index in [4.69, 9.17) is 9.47 Å². The Kier molecular flexibility index (Phi) is 6.30. The standard InChI is InChI=1S/C21H25N3O3/c1-16-23-19-6-3-4-7-20(19)24(16)14-13-22-21(25)8-5-15-27-18-11-9-17(26-2)10-12-18/h3-4,6-7,9-12H,5,8,13-15H2,1-2H3,(H,22,25). The molecule has 6 nitrogen and oxygen atoms in total. The van der Waals surface area contributed by atoms with Crippen LogP contribution in [0.15, 0.2) is 48.5 Å². The highest BCUT2D eigenvalue weighted by molar-refractivity contribution is 5.76. The number of hydrogen-bond acceptors (Lipinski definition) is 4. The third kappa shape index (κ3) is 5.00. The number of aryl methyl sites for hydroxylation is 1. The van der Waals surface area contributed by atoms with E-state index >= 15 is 0 Å². The lowest BCUT2D eigenvalue weighted by Gasteiger charge is -2.09. The number of fused-ring (bicyclic) bond motifs is 1. The minimum absolute atomic E-state index is 0.0374. The van der Waals surface area contributed by atoms with Crippen LogP contribution in [0, 0.1) is 6.92 Å². The van der Waals surface area contributed by atoms with Crippen LogP contribution in [0.3, 0.4) is 0 Å². The zero-order valence-corrected chi connectivity index (χ0v) is 15.8. The first kappa shape index (κ1) is 18.8. The Hall–Kier alpha value is -3.02. The summed E-state index contributed by atoms with van der Waals surface area (Å²) in [5.41, 5.74) is 2.08. The van der Waals surface area contributed by atoms with Gasteiger partial charge in [-0.15, -0.1) is 0 Å². The van der Waals surface area contributed by atoms with Crippen molar-refractivity contribution in [3.8, 4) is 11.5 Å². The first-order valence-corrected chi connectivity index (χ1v) is 9.13. The Bertz CT molecular complexity index is 887. The van der Waals surface area contributed by atoms with Crippen molar-refractivity contribution in [3.63, 3.8) is 0 Å². The van der Waals surface area contributed by atoms with Gasteiger partial charge in [0.2, 0.25) is 5.91 Å². The van der Waals surface area contributed by atoms with Crippen molar-refractivity contribution >= 4 is 16.9 Å². The largest absolute Gasteiger partial charge is 0.497 e. The number of para-hydroxylation sites is 2. The molecule has 2 aromatic carbocycles. The van der Waals surface area contributed by atoms with Crippen molar-refractivity contribution in [1.82, 2.24) is 14.9 Å². The molecule has 3 aromatic rings. The predicted molar refractivity (Wildman–Crippen MR) is 105 cm³/mol. The number of carbonyl (C=O) groups is 1. The second kappa shape index (κ2) is 9.07. The predicted octanol–water partition coefficient (Wildman–Crippen LogP) is 3.33. The quantitative estimate of drug-likeness (QED) is 0.589. The van der Waals surface area contributed by atoms with Crippen molar-refractivity contribution in [3.05, 3.63) is 54.4 Å². The van der Waals surface area contributed by atoms with Crippen LogP contribution in [0.25, 0.3) is 11.0 Å². The van der Waals surface area contributed by atoms with Crippen molar-refractivity contribution in [2.45, 2.75) is 26.3 Å². The van der Waals surface area contributed by atoms with Gasteiger partial charge in [-0.2, -0.15) is 0 Å². The van der Waals surface area contributed by atoms with Gasteiger partial charge in [-0.05, 0) is 49.7 Å². The average molecular weight is 367 g/mol. The fourth-order valence-corrected chi connectivity index (χ4v) is 2.97. The van der Waals surface area contributed by atoms with Gasteiger partial charge in [-0.1, -0.05) is 12.1 Å². The molecule has 0 bridgehead atoms. The van der Waals surface area contributed by atoms with Gasteiger partial charge in [-0.25, -0.2) is 4.98 Å². The summed E-state index contributed by atoms with van der Waals surface area (Å²) in [5, 5.41) is 2.97. The summed E-state index contributed by atoms with van der Waals surface area (Å²) in [6, 6.07) is 15.4. The van der Waals surface area contributed by atoms with E-state index in [1.807, 2.05) is 55.5 Å². The summed E-state index contributed by atoms with van der Waals surface area (Å²) in [7, 11) is 1.63. The third-order valence-corrected chi connectivity index (χ3v) is 4.38. The molecule has 0 spiro atoms. The molecular formula is C21H25N3O3. The first-order chi connectivity index (χ1) is 13.2. The van der Waals surface area contributed by atoms with E-state index in [0.29, 0.717) is 32.5 Å². The summed E-state index contributed by atoms with van der Waals surface area (Å²) >= 11 is 0. The lowest BCUT2D eigenvalue weighted by molar-refractivity contribution is -0.121. The van der Waals surface area contributed by atoms with Crippen LogP contribution >= 0.6 is 0 Å². The fraction of sp³-hybridized carbons (Fsp3) is 0.333. The van der Waals surface area contributed by atoms with E-state index in [0.717, 1.165) is 28.4 Å². The lowest BCUT2D eigenvalue weighted by Crippen LogP contribution is -2.27. The molecule has 1 heterocycles. The Morgan fingerprint density at radius 1 is 1.11 bits per heavy atom. The van der Waals surface area contributed by atoms with Crippen LogP contribution < -0.4 is 14.8 Å². The van der Waals surface area contributed by atoms with Crippen LogP contribution in [0.2, 0.25) is 0 Å². The first-order valence-electron chi connectivity index (χ1n) is 9.13. The van der Waals surface area contributed by atoms with Gasteiger partial charge in [0, 0.05) is 19.5 Å². The maximum atomic E-state index is 12.0. The molecule has 142 valence electrons. The van der Waals surface area contributed by atoms with Gasteiger partial charge in [0.05, 0.1) is 24.8 Å². The molecule has 6 heteroatoms. The summed E-state index contributed by atoms with van der Waals surface area (Å²) in [4.78, 5) is 16.5. The second-order valence-electron chi connectivity index (χ2n) is 6.28. The van der Waals surface area contributed by atoms with E-state index < -0.39 is 0 Å². The molecule has 0 aliphatic rings. The molecule has 27 heavy (non-hydrogen) atoms. The highest BCUT2D eigenvalue weighted by Gasteiger charge is 2.07. The highest BCUT2D eigenvalue weighted by Crippen LogP contribution is 2.17. The minimum Gasteiger partial charge on any atom is -0.497 e. The van der Waals surface area contributed by atoms with Crippen LogP contribution in [-0.4, -0.2) is 35.7 Å². The van der Waals surface area contributed by atoms with Gasteiger partial charge in [0.1, 0.15) is 17.3 Å². The van der Waals surface area contributed by atoms with E-state index in [9.17, 15) is 4.79 Å². The van der Waals surface area contributed by atoms with E-state index in [-0.39, 0.29) is 5.91 Å². The number of aromatic nitrogens is 2. The summed E-state index contributed by atoms with van der Waals surface area (Å²) in [6.07, 6.45) is 1.12. The number of amides is 1. The average Bonchev–Trinajstić information content (AvgIpc) is 3.01. The molecule has 0 aliphatic heterocycles. The van der Waals surface area contributed by atoms with Gasteiger partial charge >= 0.3 is 0 Å². The molecule has 1 N–H and O–H groups in total. The van der Waals surface area contributed by atoms with Crippen molar-refractivity contribution < 1.29 is 14.3 Å². The van der Waals surface area contributed by atoms with Crippen LogP contribution in [0.5, 0.6) is 11.5 Å². The Balaban J connectivity index is 1.36. The number of rotatable bonds is 9. The van der Waals surface area contributed by atoms with Gasteiger partial charge in [-0.3, -0.25) is 4.79 Å². The normalized spacial score (nSPS) is 10.7. The Morgan fingerprint density at radius 3 is 2.63 bits per heavy atom. The number of hydrogen-bond donors (Lipinski definition) is 1. The van der Waals surface area contributed by atoms with E-state index in [2.05, 4.69) is 14.9 Å². The fourth-order valence-electron chi connectivity index (χ4n) is 2.97. The maximum Gasteiger partial charge on any atom is 0.220 e. The number of nitrogens with zero attached hydrogens (tertiary/aromatic N) is 2. The zero-order chi connectivity index (χ0) is 19.1. The second-order valence-corrected chi connectivity index (χ2v) is 6.28. The Morgan fingerprint density at radius 2 is 1.85 bits per heavy atom. The number of nitrogens with one attached hydrogen (secondary N) is 1. The molecule has 3 rings (SSSR count). The molecule has 1 amide bonds. The molecule has 0 atom stereocenters. The van der Waals surface area contributed by atoms with Crippen molar-refractivity contribution in [2.24, 2.45) is 0 Å². The number of ether oxygens (including phenoxy) is 2. The number of benzene rings is 2. The molecule has 1 aromatic heterocycles. The number of imidazole rings is 1. The smallest absolute Gasteiger partial charge is 0.220 e. The topological polar surface area (TPSA) is 65.4 Å².